The second-order valence-electron chi connectivity index (χ2n) is 14.8. The van der Waals surface area contributed by atoms with Crippen LogP contribution in [0.25, 0.3) is 100 Å². The number of rotatable bonds is 6. The van der Waals surface area contributed by atoms with Crippen molar-refractivity contribution >= 4 is 43.6 Å². The highest BCUT2D eigenvalue weighted by Crippen LogP contribution is 2.41. The molecule has 8 heteroatoms. The molecule has 5 nitrogen and oxygen atoms in total. The van der Waals surface area contributed by atoms with Gasteiger partial charge >= 0.3 is 6.18 Å². The third-order valence-electron chi connectivity index (χ3n) is 11.2. The molecule has 0 amide bonds. The van der Waals surface area contributed by atoms with Crippen LogP contribution in [0.15, 0.2) is 194 Å². The number of hydrogen-bond donors (Lipinski definition) is 0. The molecule has 60 heavy (non-hydrogen) atoms. The number of alkyl halides is 3. The summed E-state index contributed by atoms with van der Waals surface area (Å²) in [7, 11) is 0. The third-order valence-corrected chi connectivity index (χ3v) is 11.2. The molecule has 0 radical (unpaired) electrons. The molecule has 0 atom stereocenters. The van der Waals surface area contributed by atoms with Gasteiger partial charge in [0, 0.05) is 32.7 Å². The Labute approximate surface area is 342 Å². The van der Waals surface area contributed by atoms with E-state index in [1.807, 2.05) is 120 Å². The zero-order valence-corrected chi connectivity index (χ0v) is 31.8. The fourth-order valence-corrected chi connectivity index (χ4v) is 8.45. The SMILES string of the molecule is FC(F)(F)c1cc(-c2nc(-c3ccccc3)nc(-n3c4ccc(-c5ccccc5)cc4c4cc(-c5ccccc5)ccc43)n2)ccc1-n1c2ccccc2c2ccccc21. The summed E-state index contributed by atoms with van der Waals surface area (Å²) in [5.74, 6) is 0.751. The fourth-order valence-electron chi connectivity index (χ4n) is 8.45. The lowest BCUT2D eigenvalue weighted by Gasteiger charge is -2.17. The van der Waals surface area contributed by atoms with Gasteiger partial charge in [0.2, 0.25) is 5.95 Å². The molecule has 0 bridgehead atoms. The van der Waals surface area contributed by atoms with E-state index in [0.717, 1.165) is 60.9 Å². The average molecular weight is 784 g/mol. The van der Waals surface area contributed by atoms with Gasteiger partial charge in [-0.25, -0.2) is 4.98 Å². The number of halogens is 3. The number of fused-ring (bicyclic) bond motifs is 6. The molecule has 0 saturated heterocycles. The van der Waals surface area contributed by atoms with Gasteiger partial charge in [-0.1, -0.05) is 140 Å². The van der Waals surface area contributed by atoms with Gasteiger partial charge in [-0.3, -0.25) is 4.57 Å². The second kappa shape index (κ2) is 13.9. The summed E-state index contributed by atoms with van der Waals surface area (Å²) in [6.45, 7) is 0. The van der Waals surface area contributed by atoms with Crippen LogP contribution in [-0.4, -0.2) is 24.1 Å². The molecule has 3 aromatic heterocycles. The molecule has 0 aliphatic carbocycles. The molecule has 8 aromatic carbocycles. The van der Waals surface area contributed by atoms with Gasteiger partial charge in [0.1, 0.15) is 0 Å². The summed E-state index contributed by atoms with van der Waals surface area (Å²) in [5, 5.41) is 3.72. The number of aromatic nitrogens is 5. The van der Waals surface area contributed by atoms with Gasteiger partial charge in [0.25, 0.3) is 0 Å². The van der Waals surface area contributed by atoms with E-state index in [-0.39, 0.29) is 17.1 Å². The molecule has 0 spiro atoms. The molecule has 0 saturated carbocycles. The van der Waals surface area contributed by atoms with Crippen LogP contribution in [0.1, 0.15) is 5.56 Å². The van der Waals surface area contributed by atoms with Crippen LogP contribution in [0.2, 0.25) is 0 Å². The molecule has 3 heterocycles. The first kappa shape index (κ1) is 35.3. The van der Waals surface area contributed by atoms with Crippen molar-refractivity contribution in [2.45, 2.75) is 6.18 Å². The summed E-state index contributed by atoms with van der Waals surface area (Å²) < 4.78 is 49.8. The molecule has 11 aromatic rings. The maximum absolute atomic E-state index is 15.4. The van der Waals surface area contributed by atoms with Crippen LogP contribution in [0.3, 0.4) is 0 Å². The lowest BCUT2D eigenvalue weighted by molar-refractivity contribution is -0.137. The maximum Gasteiger partial charge on any atom is 0.418 e. The van der Waals surface area contributed by atoms with Gasteiger partial charge in [-0.15, -0.1) is 0 Å². The average Bonchev–Trinajstić information content (AvgIpc) is 3.81. The van der Waals surface area contributed by atoms with E-state index < -0.39 is 11.7 Å². The van der Waals surface area contributed by atoms with E-state index in [2.05, 4.69) is 60.7 Å². The quantitative estimate of drug-likeness (QED) is 0.169. The first-order valence-electron chi connectivity index (χ1n) is 19.6. The Morgan fingerprint density at radius 1 is 0.333 bits per heavy atom. The Bertz CT molecular complexity index is 3260. The smallest absolute Gasteiger partial charge is 0.309 e. The largest absolute Gasteiger partial charge is 0.418 e. The van der Waals surface area contributed by atoms with Crippen LogP contribution >= 0.6 is 0 Å². The van der Waals surface area contributed by atoms with E-state index in [0.29, 0.717) is 28.4 Å². The van der Waals surface area contributed by atoms with Gasteiger partial charge in [-0.05, 0) is 76.9 Å². The fraction of sp³-hybridized carbons (Fsp3) is 0.0192. The summed E-state index contributed by atoms with van der Waals surface area (Å²) in [5.41, 5.74) is 7.48. The Morgan fingerprint density at radius 3 is 1.28 bits per heavy atom. The molecule has 0 fully saturated rings. The number of benzene rings is 8. The van der Waals surface area contributed by atoms with Crippen LogP contribution in [0.5, 0.6) is 0 Å². The number of hydrogen-bond acceptors (Lipinski definition) is 3. The van der Waals surface area contributed by atoms with Gasteiger partial charge in [0.15, 0.2) is 11.6 Å². The Morgan fingerprint density at radius 2 is 0.767 bits per heavy atom. The normalized spacial score (nSPS) is 11.9. The van der Waals surface area contributed by atoms with Crippen molar-refractivity contribution in [3.8, 4) is 56.7 Å². The zero-order chi connectivity index (χ0) is 40.4. The molecular formula is C52H32F3N5. The summed E-state index contributed by atoms with van der Waals surface area (Å²) in [4.78, 5) is 14.9. The van der Waals surface area contributed by atoms with Gasteiger partial charge < -0.3 is 4.57 Å². The van der Waals surface area contributed by atoms with E-state index in [1.54, 1.807) is 10.6 Å². The molecule has 0 unspecified atom stereocenters. The number of nitrogens with zero attached hydrogens (tertiary/aromatic N) is 5. The predicted molar refractivity (Wildman–Crippen MR) is 235 cm³/mol. The molecule has 11 rings (SSSR count). The lowest BCUT2D eigenvalue weighted by atomic mass is 10.0. The third kappa shape index (κ3) is 5.91. The standard InChI is InChI=1S/C52H32F3N5/c53-52(54,55)43-32-38(26-29-48(43)59-44-22-12-10-20-39(44)40-21-11-13-23-45(40)59)50-56-49(35-18-8-3-9-19-35)57-51(58-50)60-46-27-24-36(33-14-4-1-5-15-33)30-41(46)42-31-37(25-28-47(42)60)34-16-6-2-7-17-34/h1-32H. The van der Waals surface area contributed by atoms with Crippen molar-refractivity contribution in [3.63, 3.8) is 0 Å². The minimum absolute atomic E-state index is 0.0204. The highest BCUT2D eigenvalue weighted by Gasteiger charge is 2.35. The van der Waals surface area contributed by atoms with Gasteiger partial charge in [0.05, 0.1) is 33.3 Å². The van der Waals surface area contributed by atoms with Crippen molar-refractivity contribution < 1.29 is 13.2 Å². The van der Waals surface area contributed by atoms with E-state index in [1.165, 1.54) is 6.07 Å². The summed E-state index contributed by atoms with van der Waals surface area (Å²) in [6, 6.07) is 61.9. The Balaban J connectivity index is 1.15. The first-order chi connectivity index (χ1) is 29.4. The van der Waals surface area contributed by atoms with Crippen molar-refractivity contribution in [2.75, 3.05) is 0 Å². The van der Waals surface area contributed by atoms with Crippen molar-refractivity contribution in [1.29, 1.82) is 0 Å². The monoisotopic (exact) mass is 783 g/mol. The van der Waals surface area contributed by atoms with Crippen LogP contribution in [0.4, 0.5) is 13.2 Å². The first-order valence-corrected chi connectivity index (χ1v) is 19.6. The van der Waals surface area contributed by atoms with Crippen LogP contribution in [0, 0.1) is 0 Å². The van der Waals surface area contributed by atoms with Crippen LogP contribution in [-0.2, 0) is 6.18 Å². The topological polar surface area (TPSA) is 48.5 Å². The molecular weight excluding hydrogens is 752 g/mol. The Hall–Kier alpha value is -7.84. The van der Waals surface area contributed by atoms with E-state index >= 15 is 13.2 Å². The van der Waals surface area contributed by atoms with Crippen LogP contribution < -0.4 is 0 Å². The minimum Gasteiger partial charge on any atom is -0.309 e. The highest BCUT2D eigenvalue weighted by molar-refractivity contribution is 6.12. The second-order valence-corrected chi connectivity index (χ2v) is 14.8. The molecule has 286 valence electrons. The van der Waals surface area contributed by atoms with E-state index in [4.69, 9.17) is 15.0 Å². The molecule has 0 aliphatic heterocycles. The lowest BCUT2D eigenvalue weighted by Crippen LogP contribution is -2.12. The summed E-state index contributed by atoms with van der Waals surface area (Å²) in [6.07, 6.45) is -4.70. The predicted octanol–water partition coefficient (Wildman–Crippen LogP) is 13.8. The van der Waals surface area contributed by atoms with Crippen molar-refractivity contribution in [1.82, 2.24) is 24.1 Å². The molecule has 0 N–H and O–H groups in total. The number of para-hydroxylation sites is 2. The van der Waals surface area contributed by atoms with Crippen molar-refractivity contribution in [2.24, 2.45) is 0 Å². The Kier molecular flexibility index (Phi) is 8.20. The maximum atomic E-state index is 15.4. The van der Waals surface area contributed by atoms with E-state index in [9.17, 15) is 0 Å². The minimum atomic E-state index is -4.70. The van der Waals surface area contributed by atoms with Gasteiger partial charge in [-0.2, -0.15) is 23.1 Å². The highest BCUT2D eigenvalue weighted by atomic mass is 19.4. The summed E-state index contributed by atoms with van der Waals surface area (Å²) >= 11 is 0. The zero-order valence-electron chi connectivity index (χ0n) is 31.8. The molecule has 0 aliphatic rings. The van der Waals surface area contributed by atoms with Crippen molar-refractivity contribution in [3.05, 3.63) is 200 Å².